The van der Waals surface area contributed by atoms with Crippen LogP contribution in [0.5, 0.6) is 11.5 Å². The highest BCUT2D eigenvalue weighted by Crippen LogP contribution is 2.62. The summed E-state index contributed by atoms with van der Waals surface area (Å²) >= 11 is 6.11. The molecule has 2 aromatic rings. The Morgan fingerprint density at radius 3 is 2.62 bits per heavy atom. The van der Waals surface area contributed by atoms with Gasteiger partial charge in [0.25, 0.3) is 0 Å². The third-order valence-corrected chi connectivity index (χ3v) is 7.06. The van der Waals surface area contributed by atoms with Gasteiger partial charge < -0.3 is 10.5 Å². The van der Waals surface area contributed by atoms with Gasteiger partial charge in [0.05, 0.1) is 0 Å². The minimum Gasteiger partial charge on any atom is -0.457 e. The number of hydrogen-bond donors (Lipinski definition) is 1. The molecule has 0 saturated heterocycles. The molecule has 1 fully saturated rings. The Morgan fingerprint density at radius 1 is 1.17 bits per heavy atom. The maximum Gasteiger partial charge on any atom is 0.220 e. The molecule has 0 radical (unpaired) electrons. The first-order valence-electron chi connectivity index (χ1n) is 10.3. The number of halogens is 1. The Hall–Kier alpha value is -2.24. The summed E-state index contributed by atoms with van der Waals surface area (Å²) in [5.41, 5.74) is 7.69. The van der Waals surface area contributed by atoms with Crippen molar-refractivity contribution in [3.05, 3.63) is 58.6 Å². The molecule has 29 heavy (non-hydrogen) atoms. The molecular weight excluding hydrogens is 386 g/mol. The van der Waals surface area contributed by atoms with Crippen molar-refractivity contribution >= 4 is 17.6 Å². The van der Waals surface area contributed by atoms with Crippen molar-refractivity contribution in [2.75, 3.05) is 7.05 Å². The topological polar surface area (TPSA) is 60.1 Å². The van der Waals surface area contributed by atoms with Gasteiger partial charge in [0.15, 0.2) is 0 Å². The standard InChI is InChI=1S/C23H26ClN3O2/c1-15-8-10-22(11-9-15)14-16-6-7-19(28-18-5-3-4-17(24)12-18)13-20(16)23(22)26-21(25)27(2)29-23/h3-7,12-13,15H,8-11,14H2,1-2H3,(H2,25,26). The van der Waals surface area contributed by atoms with E-state index < -0.39 is 5.72 Å². The van der Waals surface area contributed by atoms with Gasteiger partial charge in [-0.25, -0.2) is 14.9 Å². The fourth-order valence-electron chi connectivity index (χ4n) is 5.18. The zero-order valence-corrected chi connectivity index (χ0v) is 17.6. The first-order chi connectivity index (χ1) is 13.9. The Bertz CT molecular complexity index is 984. The van der Waals surface area contributed by atoms with Crippen molar-refractivity contribution in [3.63, 3.8) is 0 Å². The minimum atomic E-state index is -0.769. The number of guanidine groups is 1. The van der Waals surface area contributed by atoms with Crippen molar-refractivity contribution in [2.24, 2.45) is 22.1 Å². The highest BCUT2D eigenvalue weighted by atomic mass is 35.5. The summed E-state index contributed by atoms with van der Waals surface area (Å²) in [5.74, 6) is 2.62. The van der Waals surface area contributed by atoms with Crippen LogP contribution in [0.25, 0.3) is 0 Å². The third kappa shape index (κ3) is 2.90. The minimum absolute atomic E-state index is 0.0636. The monoisotopic (exact) mass is 411 g/mol. The average Bonchev–Trinajstić information content (AvgIpc) is 3.13. The van der Waals surface area contributed by atoms with E-state index in [4.69, 9.17) is 31.9 Å². The number of ether oxygens (including phenoxy) is 1. The fraction of sp³-hybridized carbons (Fsp3) is 0.435. The first kappa shape index (κ1) is 18.8. The lowest BCUT2D eigenvalue weighted by Crippen LogP contribution is -2.45. The van der Waals surface area contributed by atoms with Crippen LogP contribution in [0.1, 0.15) is 43.7 Å². The zero-order chi connectivity index (χ0) is 20.2. The number of hydrogen-bond acceptors (Lipinski definition) is 5. The molecule has 3 aliphatic rings. The van der Waals surface area contributed by atoms with Crippen LogP contribution in [0, 0.1) is 11.3 Å². The second-order valence-electron chi connectivity index (χ2n) is 8.72. The zero-order valence-electron chi connectivity index (χ0n) is 16.8. The Kier molecular flexibility index (Phi) is 4.30. The van der Waals surface area contributed by atoms with Gasteiger partial charge in [-0.15, -0.1) is 0 Å². The van der Waals surface area contributed by atoms with Crippen LogP contribution < -0.4 is 10.5 Å². The maximum absolute atomic E-state index is 6.43. The SMILES string of the molecule is CC1CCC2(CC1)Cc1ccc(Oc3cccc(Cl)c3)cc1C21N=C(N)N(C)O1. The van der Waals surface area contributed by atoms with Crippen molar-refractivity contribution in [2.45, 2.75) is 44.8 Å². The summed E-state index contributed by atoms with van der Waals surface area (Å²) in [6.45, 7) is 2.33. The number of nitrogens with two attached hydrogens (primary N) is 1. The third-order valence-electron chi connectivity index (χ3n) is 6.82. The van der Waals surface area contributed by atoms with Crippen molar-refractivity contribution in [1.29, 1.82) is 0 Å². The van der Waals surface area contributed by atoms with Gasteiger partial charge >= 0.3 is 0 Å². The van der Waals surface area contributed by atoms with Crippen LogP contribution in [0.2, 0.25) is 5.02 Å². The van der Waals surface area contributed by atoms with E-state index in [0.717, 1.165) is 36.5 Å². The fourth-order valence-corrected chi connectivity index (χ4v) is 5.36. The van der Waals surface area contributed by atoms with E-state index in [9.17, 15) is 0 Å². The average molecular weight is 412 g/mol. The van der Waals surface area contributed by atoms with Crippen molar-refractivity contribution in [1.82, 2.24) is 5.06 Å². The largest absolute Gasteiger partial charge is 0.457 e. The van der Waals surface area contributed by atoms with E-state index in [-0.39, 0.29) is 5.41 Å². The molecular formula is C23H26ClN3O2. The molecule has 2 N–H and O–H groups in total. The van der Waals surface area contributed by atoms with Crippen molar-refractivity contribution in [3.8, 4) is 11.5 Å². The summed E-state index contributed by atoms with van der Waals surface area (Å²) in [7, 11) is 1.83. The number of benzene rings is 2. The lowest BCUT2D eigenvalue weighted by Gasteiger charge is -2.44. The molecule has 0 aromatic heterocycles. The van der Waals surface area contributed by atoms with E-state index in [1.54, 1.807) is 5.06 Å². The summed E-state index contributed by atoms with van der Waals surface area (Å²) < 4.78 is 6.10. The van der Waals surface area contributed by atoms with Crippen molar-refractivity contribution < 1.29 is 9.57 Å². The second-order valence-corrected chi connectivity index (χ2v) is 9.16. The number of fused-ring (bicyclic) bond motifs is 3. The molecule has 1 saturated carbocycles. The predicted octanol–water partition coefficient (Wildman–Crippen LogP) is 5.23. The van der Waals surface area contributed by atoms with Crippen LogP contribution in [0.15, 0.2) is 47.5 Å². The van der Waals surface area contributed by atoms with Crippen LogP contribution in [-0.2, 0) is 17.0 Å². The number of nitrogens with zero attached hydrogens (tertiary/aromatic N) is 2. The van der Waals surface area contributed by atoms with Gasteiger partial charge in [0, 0.05) is 23.0 Å². The highest BCUT2D eigenvalue weighted by Gasteiger charge is 2.63. The molecule has 1 unspecified atom stereocenters. The second kappa shape index (κ2) is 6.64. The smallest absolute Gasteiger partial charge is 0.220 e. The normalized spacial score (nSPS) is 30.7. The number of hydroxylamine groups is 2. The van der Waals surface area contributed by atoms with E-state index in [2.05, 4.69) is 19.1 Å². The van der Waals surface area contributed by atoms with Gasteiger partial charge in [-0.1, -0.05) is 30.7 Å². The van der Waals surface area contributed by atoms with E-state index in [1.807, 2.05) is 37.4 Å². The van der Waals surface area contributed by atoms with E-state index in [0.29, 0.717) is 16.7 Å². The predicted molar refractivity (Wildman–Crippen MR) is 114 cm³/mol. The molecule has 2 aliphatic carbocycles. The molecule has 6 heteroatoms. The van der Waals surface area contributed by atoms with E-state index in [1.165, 1.54) is 18.4 Å². The number of rotatable bonds is 2. The van der Waals surface area contributed by atoms with Crippen LogP contribution in [0.3, 0.4) is 0 Å². The van der Waals surface area contributed by atoms with Gasteiger partial charge in [0.2, 0.25) is 11.7 Å². The molecule has 5 nitrogen and oxygen atoms in total. The molecule has 5 rings (SSSR count). The molecule has 0 bridgehead atoms. The van der Waals surface area contributed by atoms with Crippen LogP contribution in [-0.4, -0.2) is 18.1 Å². The molecule has 2 aromatic carbocycles. The Morgan fingerprint density at radius 2 is 1.93 bits per heavy atom. The number of aliphatic imine (C=N–C) groups is 1. The van der Waals surface area contributed by atoms with E-state index >= 15 is 0 Å². The maximum atomic E-state index is 6.43. The van der Waals surface area contributed by atoms with Crippen LogP contribution in [0.4, 0.5) is 0 Å². The molecule has 1 heterocycles. The lowest BCUT2D eigenvalue weighted by molar-refractivity contribution is -0.230. The van der Waals surface area contributed by atoms with Gasteiger partial charge in [0.1, 0.15) is 11.5 Å². The molecule has 2 spiro atoms. The first-order valence-corrected chi connectivity index (χ1v) is 10.6. The Balaban J connectivity index is 1.57. The summed E-state index contributed by atoms with van der Waals surface area (Å²) in [6.07, 6.45) is 5.49. The highest BCUT2D eigenvalue weighted by molar-refractivity contribution is 6.30. The van der Waals surface area contributed by atoms with Gasteiger partial charge in [-0.2, -0.15) is 0 Å². The Labute approximate surface area is 176 Å². The summed E-state index contributed by atoms with van der Waals surface area (Å²) in [5, 5.41) is 2.26. The molecule has 1 atom stereocenters. The molecule has 1 aliphatic heterocycles. The molecule has 152 valence electrons. The summed E-state index contributed by atoms with van der Waals surface area (Å²) in [4.78, 5) is 11.4. The summed E-state index contributed by atoms with van der Waals surface area (Å²) in [6, 6.07) is 13.7. The van der Waals surface area contributed by atoms with Gasteiger partial charge in [-0.3, -0.25) is 0 Å². The quantitative estimate of drug-likeness (QED) is 0.735. The molecule has 0 amide bonds. The van der Waals surface area contributed by atoms with Gasteiger partial charge in [-0.05, 0) is 73.9 Å². The lowest BCUT2D eigenvalue weighted by atomic mass is 9.65. The van der Waals surface area contributed by atoms with Crippen LogP contribution >= 0.6 is 11.6 Å².